The fraction of sp³-hybridized carbons (Fsp3) is 0.182. The molecule has 1 atom stereocenters. The lowest BCUT2D eigenvalue weighted by atomic mass is 9.78. The molecule has 3 aromatic carbocycles. The van der Waals surface area contributed by atoms with Crippen molar-refractivity contribution in [3.05, 3.63) is 90.0 Å². The molecule has 0 amide bonds. The molecule has 0 radical (unpaired) electrons. The van der Waals surface area contributed by atoms with Crippen LogP contribution in [0.15, 0.2) is 78.9 Å². The largest absolute Gasteiger partial charge is 0.497 e. The summed E-state index contributed by atoms with van der Waals surface area (Å²) in [5.74, 6) is 1.88. The Hall–Kier alpha value is -2.71. The van der Waals surface area contributed by atoms with Gasteiger partial charge in [0.05, 0.1) is 7.11 Å². The van der Waals surface area contributed by atoms with E-state index in [1.165, 1.54) is 5.56 Å². The van der Waals surface area contributed by atoms with Crippen LogP contribution < -0.4 is 13.8 Å². The van der Waals surface area contributed by atoms with Gasteiger partial charge in [0.25, 0.3) is 0 Å². The first kappa shape index (κ1) is 19.1. The average Bonchev–Trinajstić information content (AvgIpc) is 2.69. The van der Waals surface area contributed by atoms with Crippen molar-refractivity contribution < 1.29 is 18.3 Å². The van der Waals surface area contributed by atoms with Crippen molar-refractivity contribution >= 4 is 8.25 Å². The van der Waals surface area contributed by atoms with Gasteiger partial charge in [-0.05, 0) is 47.5 Å². The highest BCUT2D eigenvalue weighted by Crippen LogP contribution is 2.35. The van der Waals surface area contributed by atoms with Gasteiger partial charge in [-0.15, -0.1) is 0 Å². The van der Waals surface area contributed by atoms with Gasteiger partial charge in [0.1, 0.15) is 17.2 Å². The second kappa shape index (κ2) is 8.32. The normalized spacial score (nSPS) is 12.3. The summed E-state index contributed by atoms with van der Waals surface area (Å²) >= 11 is 0. The summed E-state index contributed by atoms with van der Waals surface area (Å²) in [7, 11) is -1.01. The second-order valence-electron chi connectivity index (χ2n) is 6.65. The van der Waals surface area contributed by atoms with Crippen LogP contribution in [0.5, 0.6) is 17.2 Å². The summed E-state index contributed by atoms with van der Waals surface area (Å²) in [6, 6.07) is 24.6. The maximum Gasteiger partial charge on any atom is 0.418 e. The first-order valence-electron chi connectivity index (χ1n) is 8.69. The molecule has 0 fully saturated rings. The van der Waals surface area contributed by atoms with Crippen molar-refractivity contribution in [1.29, 1.82) is 0 Å². The van der Waals surface area contributed by atoms with Crippen molar-refractivity contribution in [3.8, 4) is 17.2 Å². The number of ether oxygens (including phenoxy) is 1. The highest BCUT2D eigenvalue weighted by molar-refractivity contribution is 7.34. The molecule has 0 aliphatic carbocycles. The molecule has 0 N–H and O–H groups in total. The lowest BCUT2D eigenvalue weighted by Crippen LogP contribution is -2.18. The number of benzene rings is 3. The predicted octanol–water partition coefficient (Wildman–Crippen LogP) is 5.87. The molecule has 3 rings (SSSR count). The van der Waals surface area contributed by atoms with E-state index in [9.17, 15) is 4.57 Å². The summed E-state index contributed by atoms with van der Waals surface area (Å²) in [4.78, 5) is 0. The first-order chi connectivity index (χ1) is 13.0. The zero-order chi connectivity index (χ0) is 19.3. The maximum absolute atomic E-state index is 12.1. The fourth-order valence-electron chi connectivity index (χ4n) is 2.82. The van der Waals surface area contributed by atoms with Crippen LogP contribution in [0.3, 0.4) is 0 Å². The molecule has 140 valence electrons. The summed E-state index contributed by atoms with van der Waals surface area (Å²) in [6.45, 7) is 4.32. The van der Waals surface area contributed by atoms with Crippen molar-refractivity contribution in [1.82, 2.24) is 0 Å². The maximum atomic E-state index is 12.1. The summed E-state index contributed by atoms with van der Waals surface area (Å²) in [5, 5.41) is 0. The highest BCUT2D eigenvalue weighted by Gasteiger charge is 2.23. The summed E-state index contributed by atoms with van der Waals surface area (Å²) < 4.78 is 28.1. The third-order valence-electron chi connectivity index (χ3n) is 4.53. The van der Waals surface area contributed by atoms with Gasteiger partial charge in [-0.2, -0.15) is 0 Å². The van der Waals surface area contributed by atoms with E-state index >= 15 is 0 Å². The minimum Gasteiger partial charge on any atom is -0.497 e. The molecule has 0 spiro atoms. The van der Waals surface area contributed by atoms with Gasteiger partial charge in [-0.3, -0.25) is 0 Å². The van der Waals surface area contributed by atoms with E-state index in [1.54, 1.807) is 19.2 Å². The van der Waals surface area contributed by atoms with E-state index in [2.05, 4.69) is 26.0 Å². The molecule has 0 bridgehead atoms. The van der Waals surface area contributed by atoms with E-state index in [0.717, 1.165) is 11.3 Å². The van der Waals surface area contributed by atoms with Crippen LogP contribution in [0.4, 0.5) is 0 Å². The molecule has 0 aliphatic rings. The summed E-state index contributed by atoms with van der Waals surface area (Å²) in [5.41, 5.74) is 2.12. The van der Waals surface area contributed by atoms with Gasteiger partial charge in [0.2, 0.25) is 0 Å². The van der Waals surface area contributed by atoms with E-state index in [4.69, 9.17) is 13.8 Å². The van der Waals surface area contributed by atoms with Crippen LogP contribution in [0.2, 0.25) is 0 Å². The molecule has 1 unspecified atom stereocenters. The molecular weight excluding hydrogens is 359 g/mol. The molecule has 0 heterocycles. The van der Waals surface area contributed by atoms with E-state index in [1.807, 2.05) is 54.6 Å². The standard InChI is InChI=1S/C22H23O4P/c1-22(2,17-9-13-19(24-3)14-10-17)18-11-15-21(16-12-18)26-27(23)25-20-7-5-4-6-8-20/h4-16,27H,1-3H3. The SMILES string of the molecule is COc1ccc(C(C)(C)c2ccc(O[PH](=O)Oc3ccccc3)cc2)cc1. The Morgan fingerprint density at radius 2 is 1.11 bits per heavy atom. The predicted molar refractivity (Wildman–Crippen MR) is 108 cm³/mol. The molecule has 3 aromatic rings. The number of rotatable bonds is 7. The summed E-state index contributed by atoms with van der Waals surface area (Å²) in [6.07, 6.45) is 0. The smallest absolute Gasteiger partial charge is 0.418 e. The van der Waals surface area contributed by atoms with Crippen LogP contribution in [0, 0.1) is 0 Å². The van der Waals surface area contributed by atoms with Crippen LogP contribution in [-0.4, -0.2) is 7.11 Å². The molecule has 0 saturated carbocycles. The zero-order valence-electron chi connectivity index (χ0n) is 15.6. The van der Waals surface area contributed by atoms with Gasteiger partial charge in [-0.25, -0.2) is 4.57 Å². The third kappa shape index (κ3) is 4.72. The first-order valence-corrected chi connectivity index (χ1v) is 9.91. The van der Waals surface area contributed by atoms with Gasteiger partial charge in [-0.1, -0.05) is 56.3 Å². The zero-order valence-corrected chi connectivity index (χ0v) is 16.6. The van der Waals surface area contributed by atoms with Crippen molar-refractivity contribution in [2.45, 2.75) is 19.3 Å². The Bertz CT molecular complexity index is 888. The van der Waals surface area contributed by atoms with Gasteiger partial charge >= 0.3 is 8.25 Å². The quantitative estimate of drug-likeness (QED) is 0.480. The van der Waals surface area contributed by atoms with Crippen molar-refractivity contribution in [2.24, 2.45) is 0 Å². The Balaban J connectivity index is 1.69. The fourth-order valence-corrected chi connectivity index (χ4v) is 3.51. The number of para-hydroxylation sites is 1. The molecule has 5 heteroatoms. The minimum absolute atomic E-state index is 0.184. The minimum atomic E-state index is -2.67. The Morgan fingerprint density at radius 3 is 1.59 bits per heavy atom. The molecular formula is C22H23O4P. The van der Waals surface area contributed by atoms with E-state index in [-0.39, 0.29) is 5.41 Å². The third-order valence-corrected chi connectivity index (χ3v) is 5.34. The lowest BCUT2D eigenvalue weighted by Gasteiger charge is -2.26. The Labute approximate surface area is 160 Å². The molecule has 27 heavy (non-hydrogen) atoms. The lowest BCUT2D eigenvalue weighted by molar-refractivity contribution is 0.414. The highest BCUT2D eigenvalue weighted by atomic mass is 31.1. The number of hydrogen-bond donors (Lipinski definition) is 0. The van der Waals surface area contributed by atoms with E-state index < -0.39 is 8.25 Å². The van der Waals surface area contributed by atoms with Crippen molar-refractivity contribution in [3.63, 3.8) is 0 Å². The topological polar surface area (TPSA) is 44.8 Å². The van der Waals surface area contributed by atoms with Gasteiger partial charge in [0.15, 0.2) is 0 Å². The van der Waals surface area contributed by atoms with Crippen LogP contribution in [0.25, 0.3) is 0 Å². The van der Waals surface area contributed by atoms with Crippen LogP contribution >= 0.6 is 8.25 Å². The van der Waals surface area contributed by atoms with E-state index in [0.29, 0.717) is 11.5 Å². The van der Waals surface area contributed by atoms with Crippen LogP contribution in [0.1, 0.15) is 25.0 Å². The molecule has 0 saturated heterocycles. The van der Waals surface area contributed by atoms with Crippen molar-refractivity contribution in [2.75, 3.05) is 7.11 Å². The molecule has 0 aromatic heterocycles. The Morgan fingerprint density at radius 1 is 0.667 bits per heavy atom. The van der Waals surface area contributed by atoms with Gasteiger partial charge in [0, 0.05) is 5.41 Å². The number of hydrogen-bond acceptors (Lipinski definition) is 4. The number of methoxy groups -OCH3 is 1. The molecule has 0 aliphatic heterocycles. The molecule has 4 nitrogen and oxygen atoms in total. The monoisotopic (exact) mass is 382 g/mol. The Kier molecular flexibility index (Phi) is 5.88. The van der Waals surface area contributed by atoms with Gasteiger partial charge < -0.3 is 13.8 Å². The average molecular weight is 382 g/mol. The second-order valence-corrected chi connectivity index (χ2v) is 7.55. The van der Waals surface area contributed by atoms with Crippen LogP contribution in [-0.2, 0) is 9.98 Å².